The third kappa shape index (κ3) is 5.50. The third-order valence-corrected chi connectivity index (χ3v) is 3.36. The fourth-order valence-corrected chi connectivity index (χ4v) is 2.29. The molecule has 1 heterocycles. The summed E-state index contributed by atoms with van der Waals surface area (Å²) in [5.74, 6) is 0.266. The molecule has 1 fully saturated rings. The van der Waals surface area contributed by atoms with E-state index in [1.807, 2.05) is 4.90 Å². The standard InChI is InChI=1S/C13H27N3O/c1-12-7-4-5-10-16(12)13(17)11-14-8-6-9-15(2)3/h12,14H,4-11H2,1-3H3/t12-/m1/s1. The molecule has 0 bridgehead atoms. The van der Waals surface area contributed by atoms with Gasteiger partial charge in [-0.2, -0.15) is 0 Å². The van der Waals surface area contributed by atoms with Gasteiger partial charge in [0.1, 0.15) is 0 Å². The predicted octanol–water partition coefficient (Wildman–Crippen LogP) is 0.929. The summed E-state index contributed by atoms with van der Waals surface area (Å²) in [6, 6.07) is 0.430. The van der Waals surface area contributed by atoms with Crippen LogP contribution in [0.3, 0.4) is 0 Å². The maximum atomic E-state index is 12.0. The lowest BCUT2D eigenvalue weighted by Gasteiger charge is -2.33. The Morgan fingerprint density at radius 2 is 2.18 bits per heavy atom. The molecule has 1 aliphatic rings. The summed E-state index contributed by atoms with van der Waals surface area (Å²) in [7, 11) is 4.14. The predicted molar refractivity (Wildman–Crippen MR) is 71.1 cm³/mol. The summed E-state index contributed by atoms with van der Waals surface area (Å²) < 4.78 is 0. The van der Waals surface area contributed by atoms with Crippen LogP contribution in [0.4, 0.5) is 0 Å². The topological polar surface area (TPSA) is 35.6 Å². The Hall–Kier alpha value is -0.610. The first-order valence-electron chi connectivity index (χ1n) is 6.76. The van der Waals surface area contributed by atoms with Gasteiger partial charge in [-0.15, -0.1) is 0 Å². The Labute approximate surface area is 105 Å². The lowest BCUT2D eigenvalue weighted by Crippen LogP contribution is -2.46. The molecule has 1 atom stereocenters. The molecule has 4 heteroatoms. The van der Waals surface area contributed by atoms with Crippen LogP contribution >= 0.6 is 0 Å². The SMILES string of the molecule is C[C@@H]1CCCCN1C(=O)CNCCCN(C)C. The van der Waals surface area contributed by atoms with Gasteiger partial charge in [0, 0.05) is 12.6 Å². The van der Waals surface area contributed by atoms with Crippen LogP contribution in [0.25, 0.3) is 0 Å². The summed E-state index contributed by atoms with van der Waals surface area (Å²) in [5.41, 5.74) is 0. The van der Waals surface area contributed by atoms with Crippen LogP contribution in [0, 0.1) is 0 Å². The highest BCUT2D eigenvalue weighted by Crippen LogP contribution is 2.15. The summed E-state index contributed by atoms with van der Waals surface area (Å²) in [4.78, 5) is 16.2. The van der Waals surface area contributed by atoms with Crippen LogP contribution in [-0.4, -0.2) is 62.0 Å². The molecule has 0 spiro atoms. The van der Waals surface area contributed by atoms with E-state index in [0.717, 1.165) is 38.9 Å². The molecular formula is C13H27N3O. The average Bonchev–Trinajstić information content (AvgIpc) is 2.28. The maximum absolute atomic E-state index is 12.0. The van der Waals surface area contributed by atoms with Crippen molar-refractivity contribution in [2.75, 3.05) is 40.3 Å². The molecule has 4 nitrogen and oxygen atoms in total. The number of nitrogens with one attached hydrogen (secondary N) is 1. The van der Waals surface area contributed by atoms with E-state index >= 15 is 0 Å². The lowest BCUT2D eigenvalue weighted by molar-refractivity contribution is -0.133. The fraction of sp³-hybridized carbons (Fsp3) is 0.923. The van der Waals surface area contributed by atoms with Crippen LogP contribution in [0.1, 0.15) is 32.6 Å². The van der Waals surface area contributed by atoms with Crippen molar-refractivity contribution in [3.63, 3.8) is 0 Å². The highest BCUT2D eigenvalue weighted by molar-refractivity contribution is 5.78. The number of rotatable bonds is 6. The molecule has 0 unspecified atom stereocenters. The summed E-state index contributed by atoms with van der Waals surface area (Å²) in [5, 5.41) is 3.24. The van der Waals surface area contributed by atoms with Gasteiger partial charge in [-0.1, -0.05) is 0 Å². The number of hydrogen-bond donors (Lipinski definition) is 1. The minimum atomic E-state index is 0.266. The van der Waals surface area contributed by atoms with E-state index in [1.54, 1.807) is 0 Å². The van der Waals surface area contributed by atoms with Gasteiger partial charge in [-0.25, -0.2) is 0 Å². The van der Waals surface area contributed by atoms with E-state index in [-0.39, 0.29) is 5.91 Å². The molecule has 1 saturated heterocycles. The second-order valence-corrected chi connectivity index (χ2v) is 5.27. The molecule has 0 aromatic carbocycles. The molecule has 0 aromatic rings. The monoisotopic (exact) mass is 241 g/mol. The molecule has 100 valence electrons. The molecule has 0 aliphatic carbocycles. The molecular weight excluding hydrogens is 214 g/mol. The fourth-order valence-electron chi connectivity index (χ4n) is 2.29. The normalized spacial score (nSPS) is 20.9. The maximum Gasteiger partial charge on any atom is 0.236 e. The highest BCUT2D eigenvalue weighted by atomic mass is 16.2. The third-order valence-electron chi connectivity index (χ3n) is 3.36. The zero-order valence-corrected chi connectivity index (χ0v) is 11.5. The number of carbonyl (C=O) groups is 1. The minimum absolute atomic E-state index is 0.266. The van der Waals surface area contributed by atoms with Gasteiger partial charge in [-0.3, -0.25) is 4.79 Å². The van der Waals surface area contributed by atoms with Crippen LogP contribution in [0.5, 0.6) is 0 Å². The van der Waals surface area contributed by atoms with E-state index in [0.29, 0.717) is 12.6 Å². The van der Waals surface area contributed by atoms with Crippen molar-refractivity contribution < 1.29 is 4.79 Å². The van der Waals surface area contributed by atoms with Gasteiger partial charge >= 0.3 is 0 Å². The van der Waals surface area contributed by atoms with E-state index in [2.05, 4.69) is 31.2 Å². The second kappa shape index (κ2) is 7.67. The quantitative estimate of drug-likeness (QED) is 0.703. The molecule has 17 heavy (non-hydrogen) atoms. The van der Waals surface area contributed by atoms with Crippen molar-refractivity contribution in [1.82, 2.24) is 15.1 Å². The Bertz CT molecular complexity index is 231. The second-order valence-electron chi connectivity index (χ2n) is 5.27. The molecule has 0 radical (unpaired) electrons. The molecule has 1 rings (SSSR count). The van der Waals surface area contributed by atoms with Crippen molar-refractivity contribution in [1.29, 1.82) is 0 Å². The van der Waals surface area contributed by atoms with Crippen LogP contribution < -0.4 is 5.32 Å². The summed E-state index contributed by atoms with van der Waals surface area (Å²) in [6.07, 6.45) is 4.68. The van der Waals surface area contributed by atoms with E-state index in [4.69, 9.17) is 0 Å². The van der Waals surface area contributed by atoms with Gasteiger partial charge < -0.3 is 15.1 Å². The molecule has 1 N–H and O–H groups in total. The zero-order valence-electron chi connectivity index (χ0n) is 11.5. The molecule has 1 amide bonds. The Morgan fingerprint density at radius 1 is 1.41 bits per heavy atom. The Balaban J connectivity index is 2.11. The number of nitrogens with zero attached hydrogens (tertiary/aromatic N) is 2. The van der Waals surface area contributed by atoms with Crippen LogP contribution in [-0.2, 0) is 4.79 Å². The number of hydrogen-bond acceptors (Lipinski definition) is 3. The van der Waals surface area contributed by atoms with E-state index in [9.17, 15) is 4.79 Å². The number of piperidine rings is 1. The van der Waals surface area contributed by atoms with Crippen LogP contribution in [0.2, 0.25) is 0 Å². The number of carbonyl (C=O) groups excluding carboxylic acids is 1. The van der Waals surface area contributed by atoms with E-state index in [1.165, 1.54) is 6.42 Å². The van der Waals surface area contributed by atoms with Crippen molar-refractivity contribution in [3.8, 4) is 0 Å². The van der Waals surface area contributed by atoms with Gasteiger partial charge in [0.15, 0.2) is 0 Å². The first-order chi connectivity index (χ1) is 8.11. The van der Waals surface area contributed by atoms with Gasteiger partial charge in [0.25, 0.3) is 0 Å². The molecule has 0 saturated carbocycles. The largest absolute Gasteiger partial charge is 0.339 e. The number of amides is 1. The smallest absolute Gasteiger partial charge is 0.236 e. The first kappa shape index (κ1) is 14.5. The molecule has 0 aromatic heterocycles. The van der Waals surface area contributed by atoms with Crippen molar-refractivity contribution in [2.24, 2.45) is 0 Å². The lowest BCUT2D eigenvalue weighted by atomic mass is 10.0. The van der Waals surface area contributed by atoms with Crippen molar-refractivity contribution >= 4 is 5.91 Å². The average molecular weight is 241 g/mol. The van der Waals surface area contributed by atoms with Gasteiger partial charge in [0.05, 0.1) is 6.54 Å². The molecule has 1 aliphatic heterocycles. The minimum Gasteiger partial charge on any atom is -0.339 e. The zero-order chi connectivity index (χ0) is 12.7. The summed E-state index contributed by atoms with van der Waals surface area (Å²) in [6.45, 7) is 5.59. The number of likely N-dealkylation sites (tertiary alicyclic amines) is 1. The van der Waals surface area contributed by atoms with Crippen molar-refractivity contribution in [3.05, 3.63) is 0 Å². The van der Waals surface area contributed by atoms with Crippen LogP contribution in [0.15, 0.2) is 0 Å². The Kier molecular flexibility index (Phi) is 6.52. The van der Waals surface area contributed by atoms with E-state index < -0.39 is 0 Å². The summed E-state index contributed by atoms with van der Waals surface area (Å²) >= 11 is 0. The van der Waals surface area contributed by atoms with Gasteiger partial charge in [0.2, 0.25) is 5.91 Å². The first-order valence-corrected chi connectivity index (χ1v) is 6.76. The highest BCUT2D eigenvalue weighted by Gasteiger charge is 2.22. The van der Waals surface area contributed by atoms with Gasteiger partial charge in [-0.05, 0) is 59.8 Å². The van der Waals surface area contributed by atoms with Crippen molar-refractivity contribution in [2.45, 2.75) is 38.6 Å². The Morgan fingerprint density at radius 3 is 2.82 bits per heavy atom.